The molecule has 0 saturated carbocycles. The number of carbonyl (C=O) groups is 1. The van der Waals surface area contributed by atoms with Crippen molar-refractivity contribution in [2.24, 2.45) is 0 Å². The largest absolute Gasteiger partial charge is 0.376 e. The van der Waals surface area contributed by atoms with Crippen LogP contribution in [0.3, 0.4) is 0 Å². The molecule has 2 rings (SSSR count). The van der Waals surface area contributed by atoms with Gasteiger partial charge in [-0.1, -0.05) is 0 Å². The van der Waals surface area contributed by atoms with E-state index in [1.54, 1.807) is 4.72 Å². The van der Waals surface area contributed by atoms with E-state index in [0.29, 0.717) is 18.7 Å². The number of carbonyl (C=O) groups excluding carboxylic acids is 1. The minimum Gasteiger partial charge on any atom is -0.376 e. The Kier molecular flexibility index (Phi) is 6.25. The van der Waals surface area contributed by atoms with Gasteiger partial charge < -0.3 is 9.47 Å². The smallest absolute Gasteiger partial charge is 0.267 e. The van der Waals surface area contributed by atoms with E-state index >= 15 is 0 Å². The molecule has 134 valence electrons. The Morgan fingerprint density at radius 1 is 1.42 bits per heavy atom. The maximum atomic E-state index is 13.6. The lowest BCUT2D eigenvalue weighted by molar-refractivity contribution is -0.133. The molecule has 1 aliphatic rings. The molecule has 1 amide bonds. The predicted octanol–water partition coefficient (Wildman–Crippen LogP) is 1.74. The number of amides is 1. The van der Waals surface area contributed by atoms with Gasteiger partial charge in [0, 0.05) is 6.61 Å². The highest BCUT2D eigenvalue weighted by Crippen LogP contribution is 2.16. The van der Waals surface area contributed by atoms with Gasteiger partial charge in [-0.15, -0.1) is 0 Å². The SMILES string of the molecule is C[C@H](OC[C@H]1CCCCO1)C(=O)NS(=O)(=O)c1cc(F)ccc1F. The Bertz CT molecular complexity index is 689. The average Bonchev–Trinajstić information content (AvgIpc) is 2.55. The topological polar surface area (TPSA) is 81.7 Å². The second-order valence-corrected chi connectivity index (χ2v) is 7.16. The predicted molar refractivity (Wildman–Crippen MR) is 80.7 cm³/mol. The normalized spacial score (nSPS) is 19.7. The summed E-state index contributed by atoms with van der Waals surface area (Å²) in [7, 11) is -4.53. The van der Waals surface area contributed by atoms with Crippen molar-refractivity contribution < 1.29 is 31.5 Å². The fourth-order valence-electron chi connectivity index (χ4n) is 2.22. The summed E-state index contributed by atoms with van der Waals surface area (Å²) >= 11 is 0. The van der Waals surface area contributed by atoms with Gasteiger partial charge in [0.15, 0.2) is 0 Å². The summed E-state index contributed by atoms with van der Waals surface area (Å²) in [6, 6.07) is 1.97. The zero-order chi connectivity index (χ0) is 17.7. The molecule has 0 aromatic heterocycles. The summed E-state index contributed by atoms with van der Waals surface area (Å²) in [4.78, 5) is 11.0. The monoisotopic (exact) mass is 363 g/mol. The lowest BCUT2D eigenvalue weighted by Crippen LogP contribution is -2.40. The number of nitrogens with one attached hydrogen (secondary N) is 1. The van der Waals surface area contributed by atoms with E-state index in [1.165, 1.54) is 6.92 Å². The zero-order valence-electron chi connectivity index (χ0n) is 13.1. The summed E-state index contributed by atoms with van der Waals surface area (Å²) in [5.74, 6) is -3.04. The molecule has 0 aliphatic carbocycles. The van der Waals surface area contributed by atoms with E-state index in [1.807, 2.05) is 0 Å². The number of benzene rings is 1. The van der Waals surface area contributed by atoms with Gasteiger partial charge in [-0.05, 0) is 44.4 Å². The maximum absolute atomic E-state index is 13.6. The fraction of sp³-hybridized carbons (Fsp3) is 0.533. The van der Waals surface area contributed by atoms with Crippen molar-refractivity contribution in [1.82, 2.24) is 4.72 Å². The lowest BCUT2D eigenvalue weighted by atomic mass is 10.1. The molecule has 1 saturated heterocycles. The highest BCUT2D eigenvalue weighted by molar-refractivity contribution is 7.90. The molecule has 1 aromatic rings. The number of rotatable bonds is 6. The third-order valence-electron chi connectivity index (χ3n) is 3.59. The van der Waals surface area contributed by atoms with Gasteiger partial charge in [0.25, 0.3) is 15.9 Å². The first kappa shape index (κ1) is 18.8. The molecule has 9 heteroatoms. The fourth-order valence-corrected chi connectivity index (χ4v) is 3.35. The summed E-state index contributed by atoms with van der Waals surface area (Å²) in [6.07, 6.45) is 1.57. The molecular weight excluding hydrogens is 344 g/mol. The van der Waals surface area contributed by atoms with Crippen LogP contribution < -0.4 is 4.72 Å². The first-order valence-corrected chi connectivity index (χ1v) is 9.03. The second-order valence-electron chi connectivity index (χ2n) is 5.51. The van der Waals surface area contributed by atoms with E-state index in [4.69, 9.17) is 9.47 Å². The van der Waals surface area contributed by atoms with Crippen LogP contribution in [0, 0.1) is 11.6 Å². The molecule has 1 fully saturated rings. The molecule has 0 spiro atoms. The first-order valence-electron chi connectivity index (χ1n) is 7.54. The molecule has 2 atom stereocenters. The van der Waals surface area contributed by atoms with Gasteiger partial charge in [0.1, 0.15) is 22.6 Å². The molecular formula is C15H19F2NO5S. The molecule has 0 radical (unpaired) electrons. The van der Waals surface area contributed by atoms with E-state index in [0.717, 1.165) is 25.3 Å². The van der Waals surface area contributed by atoms with Crippen molar-refractivity contribution in [3.63, 3.8) is 0 Å². The highest BCUT2D eigenvalue weighted by Gasteiger charge is 2.26. The Hall–Kier alpha value is -1.58. The van der Waals surface area contributed by atoms with Crippen LogP contribution in [0.25, 0.3) is 0 Å². The van der Waals surface area contributed by atoms with Crippen molar-refractivity contribution in [2.45, 2.75) is 43.3 Å². The second kappa shape index (κ2) is 8.00. The standard InChI is InChI=1S/C15H19F2NO5S/c1-10(23-9-12-4-2-3-7-22-12)15(19)18-24(20,21)14-8-11(16)5-6-13(14)17/h5-6,8,10,12H,2-4,7,9H2,1H3,(H,18,19)/t10-,12+/m0/s1. The number of ether oxygens (including phenoxy) is 2. The van der Waals surface area contributed by atoms with E-state index in [9.17, 15) is 22.0 Å². The third-order valence-corrected chi connectivity index (χ3v) is 4.95. The van der Waals surface area contributed by atoms with Crippen LogP contribution in [0.2, 0.25) is 0 Å². The van der Waals surface area contributed by atoms with Gasteiger partial charge in [-0.25, -0.2) is 21.9 Å². The Morgan fingerprint density at radius 3 is 2.83 bits per heavy atom. The van der Waals surface area contributed by atoms with Gasteiger partial charge in [-0.2, -0.15) is 0 Å². The molecule has 1 N–H and O–H groups in total. The minimum atomic E-state index is -4.53. The number of sulfonamides is 1. The Labute approximate surface area is 139 Å². The van der Waals surface area contributed by atoms with Crippen LogP contribution in [0.4, 0.5) is 8.78 Å². The Balaban J connectivity index is 1.95. The van der Waals surface area contributed by atoms with Crippen LogP contribution in [-0.4, -0.2) is 39.7 Å². The summed E-state index contributed by atoms with van der Waals surface area (Å²) in [5, 5.41) is 0. The molecule has 24 heavy (non-hydrogen) atoms. The third kappa shape index (κ3) is 4.96. The zero-order valence-corrected chi connectivity index (χ0v) is 13.9. The van der Waals surface area contributed by atoms with Gasteiger partial charge in [-0.3, -0.25) is 4.79 Å². The summed E-state index contributed by atoms with van der Waals surface area (Å²) in [5.41, 5.74) is 0. The maximum Gasteiger partial charge on any atom is 0.267 e. The van der Waals surface area contributed by atoms with Crippen molar-refractivity contribution in [1.29, 1.82) is 0 Å². The van der Waals surface area contributed by atoms with Crippen molar-refractivity contribution >= 4 is 15.9 Å². The van der Waals surface area contributed by atoms with Crippen LogP contribution in [0.1, 0.15) is 26.2 Å². The Morgan fingerprint density at radius 2 is 2.17 bits per heavy atom. The van der Waals surface area contributed by atoms with E-state index < -0.39 is 38.6 Å². The summed E-state index contributed by atoms with van der Waals surface area (Å²) < 4.78 is 63.1. The number of halogens is 2. The van der Waals surface area contributed by atoms with Gasteiger partial charge in [0.05, 0.1) is 12.7 Å². The number of hydrogen-bond acceptors (Lipinski definition) is 5. The molecule has 0 bridgehead atoms. The van der Waals surface area contributed by atoms with Crippen LogP contribution in [-0.2, 0) is 24.3 Å². The lowest BCUT2D eigenvalue weighted by Gasteiger charge is -2.23. The van der Waals surface area contributed by atoms with Gasteiger partial charge >= 0.3 is 0 Å². The molecule has 0 unspecified atom stereocenters. The van der Waals surface area contributed by atoms with Crippen LogP contribution >= 0.6 is 0 Å². The van der Waals surface area contributed by atoms with Crippen LogP contribution in [0.5, 0.6) is 0 Å². The van der Waals surface area contributed by atoms with E-state index in [-0.39, 0.29) is 12.7 Å². The molecule has 1 aromatic carbocycles. The van der Waals surface area contributed by atoms with Crippen LogP contribution in [0.15, 0.2) is 23.1 Å². The summed E-state index contributed by atoms with van der Waals surface area (Å²) in [6.45, 7) is 2.15. The molecule has 1 aliphatic heterocycles. The molecule has 1 heterocycles. The quantitative estimate of drug-likeness (QED) is 0.833. The van der Waals surface area contributed by atoms with E-state index in [2.05, 4.69) is 0 Å². The average molecular weight is 363 g/mol. The van der Waals surface area contributed by atoms with Crippen molar-refractivity contribution in [2.75, 3.05) is 13.2 Å². The minimum absolute atomic E-state index is 0.133. The highest BCUT2D eigenvalue weighted by atomic mass is 32.2. The van der Waals surface area contributed by atoms with Crippen molar-refractivity contribution in [3.05, 3.63) is 29.8 Å². The first-order chi connectivity index (χ1) is 11.3. The molecule has 6 nitrogen and oxygen atoms in total. The number of hydrogen-bond donors (Lipinski definition) is 1. The van der Waals surface area contributed by atoms with Crippen molar-refractivity contribution in [3.8, 4) is 0 Å². The van der Waals surface area contributed by atoms with Gasteiger partial charge in [0.2, 0.25) is 0 Å².